The summed E-state index contributed by atoms with van der Waals surface area (Å²) < 4.78 is 24.3. The fourth-order valence-electron chi connectivity index (χ4n) is 1.93. The Kier molecular flexibility index (Phi) is 4.15. The van der Waals surface area contributed by atoms with Crippen molar-refractivity contribution in [2.45, 2.75) is 25.9 Å². The quantitative estimate of drug-likeness (QED) is 0.511. The van der Waals surface area contributed by atoms with Crippen molar-refractivity contribution in [3.05, 3.63) is 29.6 Å². The Morgan fingerprint density at radius 3 is 3.06 bits per heavy atom. The molecular formula is C13H16FNO3. The van der Waals surface area contributed by atoms with Crippen LogP contribution in [0.25, 0.3) is 0 Å². The van der Waals surface area contributed by atoms with Crippen molar-refractivity contribution in [3.8, 4) is 5.75 Å². The Bertz CT molecular complexity index is 442. The summed E-state index contributed by atoms with van der Waals surface area (Å²) in [7, 11) is 0. The number of benzene rings is 1. The van der Waals surface area contributed by atoms with Crippen molar-refractivity contribution >= 4 is 5.71 Å². The molecule has 0 amide bonds. The molecule has 0 saturated carbocycles. The molecule has 1 aromatic rings. The molecule has 1 atom stereocenters. The van der Waals surface area contributed by atoms with Crippen LogP contribution in [0.2, 0.25) is 0 Å². The fraction of sp³-hybridized carbons (Fsp3) is 0.462. The molecule has 1 aliphatic heterocycles. The summed E-state index contributed by atoms with van der Waals surface area (Å²) in [6, 6.07) is 4.16. The Morgan fingerprint density at radius 1 is 1.56 bits per heavy atom. The largest absolute Gasteiger partial charge is 0.487 e. The summed E-state index contributed by atoms with van der Waals surface area (Å²) in [5.74, 6) is 0.0111. The van der Waals surface area contributed by atoms with Crippen LogP contribution in [0, 0.1) is 5.82 Å². The third-order valence-electron chi connectivity index (χ3n) is 2.90. The Balaban J connectivity index is 2.21. The van der Waals surface area contributed by atoms with Crippen LogP contribution in [0.5, 0.6) is 5.75 Å². The van der Waals surface area contributed by atoms with Gasteiger partial charge in [-0.05, 0) is 31.9 Å². The van der Waals surface area contributed by atoms with Gasteiger partial charge >= 0.3 is 0 Å². The van der Waals surface area contributed by atoms with Crippen LogP contribution in [0.3, 0.4) is 0 Å². The third-order valence-corrected chi connectivity index (χ3v) is 2.90. The lowest BCUT2D eigenvalue weighted by Gasteiger charge is -2.24. The van der Waals surface area contributed by atoms with Gasteiger partial charge in [0, 0.05) is 18.2 Å². The van der Waals surface area contributed by atoms with Crippen LogP contribution in [0.1, 0.15) is 25.3 Å². The minimum Gasteiger partial charge on any atom is -0.487 e. The van der Waals surface area contributed by atoms with Gasteiger partial charge in [0.05, 0.1) is 12.3 Å². The minimum absolute atomic E-state index is 0.0780. The highest BCUT2D eigenvalue weighted by Gasteiger charge is 2.18. The minimum atomic E-state index is -0.379. The average molecular weight is 253 g/mol. The highest BCUT2D eigenvalue weighted by Crippen LogP contribution is 2.24. The maximum absolute atomic E-state index is 13.3. The lowest BCUT2D eigenvalue weighted by atomic mass is 10.1. The van der Waals surface area contributed by atoms with E-state index in [1.807, 2.05) is 0 Å². The normalized spacial score (nSPS) is 20.8. The average Bonchev–Trinajstić information content (AvgIpc) is 2.39. The predicted molar refractivity (Wildman–Crippen MR) is 64.9 cm³/mol. The first-order valence-corrected chi connectivity index (χ1v) is 5.93. The van der Waals surface area contributed by atoms with Crippen molar-refractivity contribution < 1.29 is 19.1 Å². The van der Waals surface area contributed by atoms with Crippen LogP contribution >= 0.6 is 0 Å². The number of hydrogen-bond acceptors (Lipinski definition) is 4. The highest BCUT2D eigenvalue weighted by atomic mass is 19.1. The number of hydrogen-bond donors (Lipinski definition) is 1. The molecule has 5 heteroatoms. The second kappa shape index (κ2) is 5.82. The van der Waals surface area contributed by atoms with E-state index >= 15 is 0 Å². The second-order valence-corrected chi connectivity index (χ2v) is 4.28. The van der Waals surface area contributed by atoms with E-state index in [9.17, 15) is 4.39 Å². The first kappa shape index (κ1) is 12.8. The predicted octanol–water partition coefficient (Wildman–Crippen LogP) is 2.58. The number of ether oxygens (including phenoxy) is 2. The highest BCUT2D eigenvalue weighted by molar-refractivity contribution is 6.00. The molecule has 1 N–H and O–H groups in total. The molecule has 1 unspecified atom stereocenters. The van der Waals surface area contributed by atoms with Gasteiger partial charge in [-0.25, -0.2) is 4.39 Å². The number of halogens is 1. The molecule has 98 valence electrons. The summed E-state index contributed by atoms with van der Waals surface area (Å²) in [5.41, 5.74) is 0.978. The SMILES string of the molecule is C/C(=N/O)c1ccc(F)cc1OC1CCCOC1. The van der Waals surface area contributed by atoms with Gasteiger partial charge in [0.1, 0.15) is 17.7 Å². The summed E-state index contributed by atoms with van der Waals surface area (Å²) in [4.78, 5) is 0. The van der Waals surface area contributed by atoms with E-state index in [0.29, 0.717) is 23.6 Å². The Labute approximate surface area is 105 Å². The van der Waals surface area contributed by atoms with Gasteiger partial charge in [0.15, 0.2) is 0 Å². The maximum Gasteiger partial charge on any atom is 0.131 e. The molecule has 2 rings (SSSR count). The molecule has 1 saturated heterocycles. The molecular weight excluding hydrogens is 237 g/mol. The number of oxime groups is 1. The topological polar surface area (TPSA) is 51.1 Å². The molecule has 1 aliphatic rings. The summed E-state index contributed by atoms with van der Waals surface area (Å²) in [5, 5.41) is 11.9. The molecule has 1 fully saturated rings. The monoisotopic (exact) mass is 253 g/mol. The molecule has 0 aromatic heterocycles. The lowest BCUT2D eigenvalue weighted by molar-refractivity contribution is 0.00723. The molecule has 0 bridgehead atoms. The third kappa shape index (κ3) is 2.98. The zero-order valence-electron chi connectivity index (χ0n) is 10.2. The van der Waals surface area contributed by atoms with Gasteiger partial charge < -0.3 is 14.7 Å². The van der Waals surface area contributed by atoms with E-state index in [1.54, 1.807) is 13.0 Å². The van der Waals surface area contributed by atoms with Crippen molar-refractivity contribution in [1.82, 2.24) is 0 Å². The summed E-state index contributed by atoms with van der Waals surface area (Å²) in [6.07, 6.45) is 1.74. The zero-order chi connectivity index (χ0) is 13.0. The van der Waals surface area contributed by atoms with E-state index in [0.717, 1.165) is 19.4 Å². The van der Waals surface area contributed by atoms with Crippen LogP contribution < -0.4 is 4.74 Å². The van der Waals surface area contributed by atoms with Crippen LogP contribution in [-0.4, -0.2) is 30.2 Å². The molecule has 18 heavy (non-hydrogen) atoms. The summed E-state index contributed by atoms with van der Waals surface area (Å²) >= 11 is 0. The molecule has 1 heterocycles. The Hall–Kier alpha value is -1.62. The standard InChI is InChI=1S/C13H16FNO3/c1-9(15-16)12-5-4-10(14)7-13(12)18-11-3-2-6-17-8-11/h4-5,7,11,16H,2-3,6,8H2,1H3/b15-9-. The van der Waals surface area contributed by atoms with Gasteiger partial charge in [-0.3, -0.25) is 0 Å². The molecule has 4 nitrogen and oxygen atoms in total. The van der Waals surface area contributed by atoms with Crippen LogP contribution in [0.15, 0.2) is 23.4 Å². The molecule has 0 aliphatic carbocycles. The van der Waals surface area contributed by atoms with Crippen molar-refractivity contribution in [3.63, 3.8) is 0 Å². The maximum atomic E-state index is 13.3. The van der Waals surface area contributed by atoms with E-state index in [4.69, 9.17) is 14.7 Å². The number of nitrogens with zero attached hydrogens (tertiary/aromatic N) is 1. The molecule has 1 aromatic carbocycles. The van der Waals surface area contributed by atoms with Crippen LogP contribution in [0.4, 0.5) is 4.39 Å². The van der Waals surface area contributed by atoms with E-state index in [-0.39, 0.29) is 11.9 Å². The molecule has 0 spiro atoms. The van der Waals surface area contributed by atoms with Gasteiger partial charge in [0.25, 0.3) is 0 Å². The van der Waals surface area contributed by atoms with Gasteiger partial charge in [0.2, 0.25) is 0 Å². The summed E-state index contributed by atoms with van der Waals surface area (Å²) in [6.45, 7) is 2.88. The zero-order valence-corrected chi connectivity index (χ0v) is 10.2. The van der Waals surface area contributed by atoms with E-state index in [2.05, 4.69) is 5.16 Å². The first-order valence-electron chi connectivity index (χ1n) is 5.93. The molecule has 0 radical (unpaired) electrons. The smallest absolute Gasteiger partial charge is 0.131 e. The first-order chi connectivity index (χ1) is 8.70. The fourth-order valence-corrected chi connectivity index (χ4v) is 1.93. The van der Waals surface area contributed by atoms with Gasteiger partial charge in [-0.1, -0.05) is 5.16 Å². The van der Waals surface area contributed by atoms with Crippen molar-refractivity contribution in [1.29, 1.82) is 0 Å². The van der Waals surface area contributed by atoms with E-state index < -0.39 is 0 Å². The Morgan fingerprint density at radius 2 is 2.39 bits per heavy atom. The second-order valence-electron chi connectivity index (χ2n) is 4.28. The van der Waals surface area contributed by atoms with Gasteiger partial charge in [-0.15, -0.1) is 0 Å². The van der Waals surface area contributed by atoms with Crippen molar-refractivity contribution in [2.75, 3.05) is 13.2 Å². The van der Waals surface area contributed by atoms with Crippen molar-refractivity contribution in [2.24, 2.45) is 5.16 Å². The van der Waals surface area contributed by atoms with Crippen LogP contribution in [-0.2, 0) is 4.74 Å². The van der Waals surface area contributed by atoms with Gasteiger partial charge in [-0.2, -0.15) is 0 Å². The lowest BCUT2D eigenvalue weighted by Crippen LogP contribution is -2.28. The van der Waals surface area contributed by atoms with E-state index in [1.165, 1.54) is 12.1 Å². The number of rotatable bonds is 3.